The lowest BCUT2D eigenvalue weighted by molar-refractivity contribution is 0.102. The van der Waals surface area contributed by atoms with E-state index in [2.05, 4.69) is 21.2 Å². The van der Waals surface area contributed by atoms with Crippen molar-refractivity contribution in [2.24, 2.45) is 0 Å². The molecule has 0 spiro atoms. The van der Waals surface area contributed by atoms with Gasteiger partial charge in [-0.05, 0) is 30.3 Å². The number of hydrogen-bond acceptors (Lipinski definition) is 1. The first-order valence-corrected chi connectivity index (χ1v) is 6.15. The number of carbonyl (C=O) groups excluding carboxylic acids is 1. The maximum absolute atomic E-state index is 12.0. The van der Waals surface area contributed by atoms with Gasteiger partial charge < -0.3 is 5.32 Å². The molecule has 2 aromatic rings. The van der Waals surface area contributed by atoms with Crippen molar-refractivity contribution in [3.05, 3.63) is 63.6 Å². The molecule has 1 amide bonds. The Morgan fingerprint density at radius 2 is 1.82 bits per heavy atom. The lowest BCUT2D eigenvalue weighted by atomic mass is 10.2. The van der Waals surface area contributed by atoms with Crippen LogP contribution in [0, 0.1) is 0 Å². The van der Waals surface area contributed by atoms with Crippen molar-refractivity contribution in [2.75, 3.05) is 5.32 Å². The highest BCUT2D eigenvalue weighted by Crippen LogP contribution is 2.22. The van der Waals surface area contributed by atoms with Gasteiger partial charge in [0.15, 0.2) is 0 Å². The van der Waals surface area contributed by atoms with Crippen LogP contribution in [0.1, 0.15) is 10.4 Å². The first kappa shape index (κ1) is 12.1. The average molecular weight is 311 g/mol. The summed E-state index contributed by atoms with van der Waals surface area (Å²) in [6, 6.07) is 14.4. The summed E-state index contributed by atoms with van der Waals surface area (Å²) >= 11 is 9.29. The van der Waals surface area contributed by atoms with Gasteiger partial charge >= 0.3 is 0 Å². The third-order valence-corrected chi connectivity index (χ3v) is 3.03. The molecule has 0 aliphatic rings. The maximum atomic E-state index is 12.0. The second-order valence-electron chi connectivity index (χ2n) is 3.44. The van der Waals surface area contributed by atoms with Crippen LogP contribution in [0.4, 0.5) is 5.69 Å². The fourth-order valence-corrected chi connectivity index (χ4v) is 1.96. The number of anilines is 1. The maximum Gasteiger partial charge on any atom is 0.257 e. The van der Waals surface area contributed by atoms with E-state index < -0.39 is 0 Å². The zero-order valence-corrected chi connectivity index (χ0v) is 11.1. The first-order chi connectivity index (χ1) is 8.16. The number of nitrogens with one attached hydrogen (secondary N) is 1. The topological polar surface area (TPSA) is 29.1 Å². The summed E-state index contributed by atoms with van der Waals surface area (Å²) in [5.41, 5.74) is 1.19. The SMILES string of the molecule is O=C(Nc1ccccc1)c1cc(Br)ccc1Cl. The van der Waals surface area contributed by atoms with Crippen LogP contribution in [0.3, 0.4) is 0 Å². The van der Waals surface area contributed by atoms with Gasteiger partial charge in [-0.1, -0.05) is 45.7 Å². The van der Waals surface area contributed by atoms with Crippen molar-refractivity contribution in [1.29, 1.82) is 0 Å². The molecular formula is C13H9BrClNO. The molecule has 0 saturated heterocycles. The van der Waals surface area contributed by atoms with Crippen molar-refractivity contribution in [2.45, 2.75) is 0 Å². The van der Waals surface area contributed by atoms with Crippen molar-refractivity contribution >= 4 is 39.1 Å². The van der Waals surface area contributed by atoms with Gasteiger partial charge in [0, 0.05) is 10.2 Å². The molecule has 0 fully saturated rings. The Morgan fingerprint density at radius 1 is 1.12 bits per heavy atom. The Bertz CT molecular complexity index is 542. The smallest absolute Gasteiger partial charge is 0.257 e. The molecule has 0 heterocycles. The first-order valence-electron chi connectivity index (χ1n) is 4.98. The molecule has 0 bridgehead atoms. The number of amides is 1. The van der Waals surface area contributed by atoms with Crippen molar-refractivity contribution in [3.8, 4) is 0 Å². The van der Waals surface area contributed by atoms with E-state index in [0.717, 1.165) is 10.2 Å². The second kappa shape index (κ2) is 5.34. The Labute approximate surface area is 113 Å². The molecule has 0 atom stereocenters. The highest BCUT2D eigenvalue weighted by Gasteiger charge is 2.10. The number of benzene rings is 2. The molecule has 2 rings (SSSR count). The number of carbonyl (C=O) groups is 1. The molecule has 86 valence electrons. The van der Waals surface area contributed by atoms with Crippen molar-refractivity contribution < 1.29 is 4.79 Å². The molecule has 0 aliphatic carbocycles. The molecule has 0 unspecified atom stereocenters. The van der Waals surface area contributed by atoms with E-state index in [1.807, 2.05) is 30.3 Å². The van der Waals surface area contributed by atoms with E-state index in [-0.39, 0.29) is 5.91 Å². The number of halogens is 2. The quantitative estimate of drug-likeness (QED) is 0.877. The van der Waals surface area contributed by atoms with Gasteiger partial charge in [0.2, 0.25) is 0 Å². The third kappa shape index (κ3) is 3.08. The van der Waals surface area contributed by atoms with Crippen LogP contribution in [0.15, 0.2) is 53.0 Å². The van der Waals surface area contributed by atoms with Crippen LogP contribution in [-0.4, -0.2) is 5.91 Å². The lowest BCUT2D eigenvalue weighted by Gasteiger charge is -2.06. The number of para-hydroxylation sites is 1. The zero-order valence-electron chi connectivity index (χ0n) is 8.78. The minimum atomic E-state index is -0.220. The van der Waals surface area contributed by atoms with Crippen molar-refractivity contribution in [3.63, 3.8) is 0 Å². The highest BCUT2D eigenvalue weighted by molar-refractivity contribution is 9.10. The van der Waals surface area contributed by atoms with Gasteiger partial charge in [-0.2, -0.15) is 0 Å². The van der Waals surface area contributed by atoms with E-state index in [4.69, 9.17) is 11.6 Å². The average Bonchev–Trinajstić information content (AvgIpc) is 2.33. The molecule has 2 aromatic carbocycles. The molecule has 17 heavy (non-hydrogen) atoms. The summed E-state index contributed by atoms with van der Waals surface area (Å²) in [4.78, 5) is 12.0. The van der Waals surface area contributed by atoms with E-state index in [1.54, 1.807) is 18.2 Å². The number of hydrogen-bond donors (Lipinski definition) is 1. The third-order valence-electron chi connectivity index (χ3n) is 2.20. The summed E-state index contributed by atoms with van der Waals surface area (Å²) in [7, 11) is 0. The van der Waals surface area contributed by atoms with E-state index in [9.17, 15) is 4.79 Å². The molecule has 2 nitrogen and oxygen atoms in total. The van der Waals surface area contributed by atoms with Gasteiger partial charge in [-0.25, -0.2) is 0 Å². The van der Waals surface area contributed by atoms with Crippen molar-refractivity contribution in [1.82, 2.24) is 0 Å². The molecule has 1 N–H and O–H groups in total. The van der Waals surface area contributed by atoms with Crippen LogP contribution in [0.25, 0.3) is 0 Å². The minimum Gasteiger partial charge on any atom is -0.322 e. The van der Waals surface area contributed by atoms with Gasteiger partial charge in [0.25, 0.3) is 5.91 Å². The summed E-state index contributed by atoms with van der Waals surface area (Å²) in [6.45, 7) is 0. The van der Waals surface area contributed by atoms with Crippen LogP contribution < -0.4 is 5.32 Å². The van der Waals surface area contributed by atoms with Gasteiger partial charge in [0.1, 0.15) is 0 Å². The van der Waals surface area contributed by atoms with Crippen LogP contribution in [-0.2, 0) is 0 Å². The highest BCUT2D eigenvalue weighted by atomic mass is 79.9. The van der Waals surface area contributed by atoms with E-state index >= 15 is 0 Å². The van der Waals surface area contributed by atoms with E-state index in [1.165, 1.54) is 0 Å². The van der Waals surface area contributed by atoms with Crippen LogP contribution in [0.2, 0.25) is 5.02 Å². The predicted molar refractivity (Wildman–Crippen MR) is 73.5 cm³/mol. The Balaban J connectivity index is 2.23. The lowest BCUT2D eigenvalue weighted by Crippen LogP contribution is -2.12. The molecule has 0 aliphatic heterocycles. The van der Waals surface area contributed by atoms with Crippen LogP contribution in [0.5, 0.6) is 0 Å². The monoisotopic (exact) mass is 309 g/mol. The van der Waals surface area contributed by atoms with E-state index in [0.29, 0.717) is 10.6 Å². The largest absolute Gasteiger partial charge is 0.322 e. The fourth-order valence-electron chi connectivity index (χ4n) is 1.39. The Kier molecular flexibility index (Phi) is 3.82. The van der Waals surface area contributed by atoms with Gasteiger partial charge in [-0.15, -0.1) is 0 Å². The summed E-state index contributed by atoms with van der Waals surface area (Å²) in [5.74, 6) is -0.220. The van der Waals surface area contributed by atoms with Gasteiger partial charge in [-0.3, -0.25) is 4.79 Å². The van der Waals surface area contributed by atoms with Gasteiger partial charge in [0.05, 0.1) is 10.6 Å². The Hall–Kier alpha value is -1.32. The summed E-state index contributed by atoms with van der Waals surface area (Å²) in [5, 5.41) is 3.21. The molecule has 4 heteroatoms. The summed E-state index contributed by atoms with van der Waals surface area (Å²) in [6.07, 6.45) is 0. The second-order valence-corrected chi connectivity index (χ2v) is 4.77. The normalized spacial score (nSPS) is 10.0. The fraction of sp³-hybridized carbons (Fsp3) is 0. The zero-order chi connectivity index (χ0) is 12.3. The molecule has 0 saturated carbocycles. The number of rotatable bonds is 2. The molecule has 0 aromatic heterocycles. The molecule has 0 radical (unpaired) electrons. The molecular weight excluding hydrogens is 302 g/mol. The Morgan fingerprint density at radius 3 is 2.53 bits per heavy atom. The summed E-state index contributed by atoms with van der Waals surface area (Å²) < 4.78 is 0.820. The predicted octanol–water partition coefficient (Wildman–Crippen LogP) is 4.35. The minimum absolute atomic E-state index is 0.220. The van der Waals surface area contributed by atoms with Crippen LogP contribution >= 0.6 is 27.5 Å². The standard InChI is InChI=1S/C13H9BrClNO/c14-9-6-7-12(15)11(8-9)13(17)16-10-4-2-1-3-5-10/h1-8H,(H,16,17).